The van der Waals surface area contributed by atoms with E-state index < -0.39 is 0 Å². The number of aromatic nitrogens is 4. The Morgan fingerprint density at radius 1 is 1.56 bits per heavy atom. The van der Waals surface area contributed by atoms with E-state index in [-0.39, 0.29) is 12.6 Å². The molecule has 3 rings (SSSR count). The SMILES string of the molecule is CNc1nc(N2CCCC2CO)c2cn[nH]c2n1. The highest BCUT2D eigenvalue weighted by Gasteiger charge is 2.27. The van der Waals surface area contributed by atoms with Crippen molar-refractivity contribution < 1.29 is 5.11 Å². The minimum atomic E-state index is 0.141. The second-order valence-electron chi connectivity index (χ2n) is 4.43. The van der Waals surface area contributed by atoms with Gasteiger partial charge in [-0.25, -0.2) is 0 Å². The van der Waals surface area contributed by atoms with Crippen LogP contribution < -0.4 is 10.2 Å². The van der Waals surface area contributed by atoms with Gasteiger partial charge in [-0.05, 0) is 12.8 Å². The third kappa shape index (κ3) is 1.67. The van der Waals surface area contributed by atoms with E-state index in [1.54, 1.807) is 13.2 Å². The highest BCUT2D eigenvalue weighted by atomic mass is 16.3. The molecule has 1 aliphatic rings. The minimum Gasteiger partial charge on any atom is -0.394 e. The van der Waals surface area contributed by atoms with Crippen LogP contribution in [0.25, 0.3) is 11.0 Å². The van der Waals surface area contributed by atoms with Crippen LogP contribution in [0, 0.1) is 0 Å². The standard InChI is InChI=1S/C11H16N6O/c1-12-11-14-9-8(5-13-16-9)10(15-11)17-4-2-3-7(17)6-18/h5,7,18H,2-4,6H2,1H3,(H2,12,13,14,15,16). The molecular formula is C11H16N6O. The summed E-state index contributed by atoms with van der Waals surface area (Å²) in [5, 5.41) is 20.1. The lowest BCUT2D eigenvalue weighted by molar-refractivity contribution is 0.266. The van der Waals surface area contributed by atoms with Crippen molar-refractivity contribution in [1.29, 1.82) is 0 Å². The summed E-state index contributed by atoms with van der Waals surface area (Å²) >= 11 is 0. The third-order valence-electron chi connectivity index (χ3n) is 3.37. The fourth-order valence-electron chi connectivity index (χ4n) is 2.45. The number of fused-ring (bicyclic) bond motifs is 1. The monoisotopic (exact) mass is 248 g/mol. The van der Waals surface area contributed by atoms with Crippen molar-refractivity contribution in [3.63, 3.8) is 0 Å². The summed E-state index contributed by atoms with van der Waals surface area (Å²) in [6.07, 6.45) is 3.80. The molecular weight excluding hydrogens is 232 g/mol. The van der Waals surface area contributed by atoms with E-state index in [1.807, 2.05) is 0 Å². The fourth-order valence-corrected chi connectivity index (χ4v) is 2.45. The summed E-state index contributed by atoms with van der Waals surface area (Å²) in [6.45, 7) is 1.06. The molecule has 3 N–H and O–H groups in total. The largest absolute Gasteiger partial charge is 0.394 e. The first-order valence-electron chi connectivity index (χ1n) is 6.10. The van der Waals surface area contributed by atoms with Crippen LogP contribution in [0.3, 0.4) is 0 Å². The molecule has 7 heteroatoms. The summed E-state index contributed by atoms with van der Waals surface area (Å²) < 4.78 is 0. The van der Waals surface area contributed by atoms with Gasteiger partial charge in [0.2, 0.25) is 5.95 Å². The topological polar surface area (TPSA) is 90.0 Å². The van der Waals surface area contributed by atoms with Crippen molar-refractivity contribution in [1.82, 2.24) is 20.2 Å². The average molecular weight is 248 g/mol. The molecule has 1 fully saturated rings. The Hall–Kier alpha value is -1.89. The molecule has 1 saturated heterocycles. The first kappa shape index (κ1) is 11.2. The lowest BCUT2D eigenvalue weighted by Crippen LogP contribution is -2.33. The van der Waals surface area contributed by atoms with Crippen LogP contribution in [-0.2, 0) is 0 Å². The molecule has 3 heterocycles. The number of aromatic amines is 1. The molecule has 0 amide bonds. The number of hydrogen-bond acceptors (Lipinski definition) is 6. The van der Waals surface area contributed by atoms with Gasteiger partial charge in [0.25, 0.3) is 0 Å². The van der Waals surface area contributed by atoms with E-state index in [1.165, 1.54) is 0 Å². The van der Waals surface area contributed by atoms with Gasteiger partial charge in [0.15, 0.2) is 5.65 Å². The predicted octanol–water partition coefficient (Wildman–Crippen LogP) is 0.356. The van der Waals surface area contributed by atoms with Crippen molar-refractivity contribution in [2.75, 3.05) is 30.4 Å². The quantitative estimate of drug-likeness (QED) is 0.726. The molecule has 2 aromatic heterocycles. The predicted molar refractivity (Wildman–Crippen MR) is 68.7 cm³/mol. The van der Waals surface area contributed by atoms with Crippen LogP contribution in [0.4, 0.5) is 11.8 Å². The number of rotatable bonds is 3. The van der Waals surface area contributed by atoms with Crippen LogP contribution in [0.15, 0.2) is 6.20 Å². The summed E-state index contributed by atoms with van der Waals surface area (Å²) in [5.41, 5.74) is 0.716. The molecule has 96 valence electrons. The van der Waals surface area contributed by atoms with Crippen molar-refractivity contribution >= 4 is 22.8 Å². The van der Waals surface area contributed by atoms with Gasteiger partial charge in [0.1, 0.15) is 5.82 Å². The minimum absolute atomic E-state index is 0.141. The highest BCUT2D eigenvalue weighted by Crippen LogP contribution is 2.29. The zero-order valence-electron chi connectivity index (χ0n) is 10.2. The van der Waals surface area contributed by atoms with Crippen molar-refractivity contribution in [3.8, 4) is 0 Å². The maximum atomic E-state index is 9.42. The first-order valence-corrected chi connectivity index (χ1v) is 6.10. The molecule has 0 aromatic carbocycles. The van der Waals surface area contributed by atoms with Crippen LogP contribution in [0.1, 0.15) is 12.8 Å². The van der Waals surface area contributed by atoms with Crippen molar-refractivity contribution in [3.05, 3.63) is 6.20 Å². The number of H-pyrrole nitrogens is 1. The maximum Gasteiger partial charge on any atom is 0.226 e. The van der Waals surface area contributed by atoms with Crippen LogP contribution >= 0.6 is 0 Å². The Balaban J connectivity index is 2.11. The Kier molecular flexibility index (Phi) is 2.75. The number of aliphatic hydroxyl groups is 1. The Morgan fingerprint density at radius 2 is 2.44 bits per heavy atom. The van der Waals surface area contributed by atoms with Crippen LogP contribution in [-0.4, -0.2) is 51.5 Å². The van der Waals surface area contributed by atoms with E-state index in [9.17, 15) is 5.11 Å². The van der Waals surface area contributed by atoms with Gasteiger partial charge in [-0.15, -0.1) is 0 Å². The van der Waals surface area contributed by atoms with E-state index in [4.69, 9.17) is 0 Å². The second-order valence-corrected chi connectivity index (χ2v) is 4.43. The summed E-state index contributed by atoms with van der Waals surface area (Å²) in [7, 11) is 1.79. The van der Waals surface area contributed by atoms with E-state index in [0.29, 0.717) is 11.6 Å². The molecule has 0 spiro atoms. The average Bonchev–Trinajstić information content (AvgIpc) is 3.05. The Morgan fingerprint density at radius 3 is 3.22 bits per heavy atom. The zero-order chi connectivity index (χ0) is 12.5. The molecule has 2 aromatic rings. The van der Waals surface area contributed by atoms with Crippen molar-refractivity contribution in [2.24, 2.45) is 0 Å². The van der Waals surface area contributed by atoms with Crippen LogP contribution in [0.2, 0.25) is 0 Å². The number of anilines is 2. The van der Waals surface area contributed by atoms with E-state index >= 15 is 0 Å². The van der Waals surface area contributed by atoms with Gasteiger partial charge in [0.05, 0.1) is 24.2 Å². The fraction of sp³-hybridized carbons (Fsp3) is 0.545. The molecule has 18 heavy (non-hydrogen) atoms. The highest BCUT2D eigenvalue weighted by molar-refractivity contribution is 5.87. The van der Waals surface area contributed by atoms with Gasteiger partial charge in [0, 0.05) is 13.6 Å². The molecule has 0 aliphatic carbocycles. The third-order valence-corrected chi connectivity index (χ3v) is 3.37. The number of nitrogens with one attached hydrogen (secondary N) is 2. The molecule has 0 bridgehead atoms. The number of nitrogens with zero attached hydrogens (tertiary/aromatic N) is 4. The summed E-state index contributed by atoms with van der Waals surface area (Å²) in [4.78, 5) is 11.0. The molecule has 7 nitrogen and oxygen atoms in total. The maximum absolute atomic E-state index is 9.42. The number of aliphatic hydroxyl groups excluding tert-OH is 1. The van der Waals surface area contributed by atoms with Gasteiger partial charge >= 0.3 is 0 Å². The molecule has 1 atom stereocenters. The van der Waals surface area contributed by atoms with Gasteiger partial charge in [-0.1, -0.05) is 0 Å². The molecule has 0 radical (unpaired) electrons. The van der Waals surface area contributed by atoms with Gasteiger partial charge < -0.3 is 15.3 Å². The first-order chi connectivity index (χ1) is 8.83. The lowest BCUT2D eigenvalue weighted by Gasteiger charge is -2.24. The smallest absolute Gasteiger partial charge is 0.226 e. The van der Waals surface area contributed by atoms with Gasteiger partial charge in [-0.2, -0.15) is 15.1 Å². The summed E-state index contributed by atoms with van der Waals surface area (Å²) in [5.74, 6) is 1.40. The van der Waals surface area contributed by atoms with E-state index in [2.05, 4.69) is 30.4 Å². The zero-order valence-corrected chi connectivity index (χ0v) is 10.2. The van der Waals surface area contributed by atoms with Crippen LogP contribution in [0.5, 0.6) is 0 Å². The molecule has 0 saturated carbocycles. The molecule has 1 aliphatic heterocycles. The Bertz CT molecular complexity index is 553. The summed E-state index contributed by atoms with van der Waals surface area (Å²) in [6, 6.07) is 0.141. The lowest BCUT2D eigenvalue weighted by atomic mass is 10.2. The molecule has 1 unspecified atom stereocenters. The van der Waals surface area contributed by atoms with Crippen molar-refractivity contribution in [2.45, 2.75) is 18.9 Å². The van der Waals surface area contributed by atoms with Gasteiger partial charge in [-0.3, -0.25) is 5.10 Å². The second kappa shape index (κ2) is 4.41. The van der Waals surface area contributed by atoms with E-state index in [0.717, 1.165) is 30.6 Å². The number of hydrogen-bond donors (Lipinski definition) is 3. The normalized spacial score (nSPS) is 19.7. The Labute approximate surface area is 104 Å².